The quantitative estimate of drug-likeness (QED) is 0.504. The van der Waals surface area contributed by atoms with Gasteiger partial charge in [0.05, 0.1) is 9.52 Å². The molecule has 0 saturated carbocycles. The van der Waals surface area contributed by atoms with Gasteiger partial charge in [-0.25, -0.2) is 0 Å². The Morgan fingerprint density at radius 1 is 0.773 bits per heavy atom. The maximum Gasteiger partial charge on any atom is 0.286 e. The van der Waals surface area contributed by atoms with E-state index >= 15 is 0 Å². The van der Waals surface area contributed by atoms with E-state index in [-0.39, 0.29) is 9.52 Å². The molecule has 0 bridgehead atoms. The summed E-state index contributed by atoms with van der Waals surface area (Å²) in [6.07, 6.45) is 2.35. The molecule has 22 heavy (non-hydrogen) atoms. The molecule has 0 rings (SSSR count). The topological polar surface area (TPSA) is 9.72 Å². The minimum absolute atomic E-state index is 0.155. The summed E-state index contributed by atoms with van der Waals surface area (Å²) in [7, 11) is -1.90. The fourth-order valence-corrected chi connectivity index (χ4v) is 15.0. The largest absolute Gasteiger partial charge is 0.300 e. The van der Waals surface area contributed by atoms with Crippen LogP contribution < -0.4 is 0 Å². The van der Waals surface area contributed by atoms with Crippen molar-refractivity contribution in [2.75, 3.05) is 39.3 Å². The van der Waals surface area contributed by atoms with Crippen molar-refractivity contribution in [3.8, 4) is 0 Å². The molecule has 0 aromatic rings. The maximum absolute atomic E-state index is 2.84. The van der Waals surface area contributed by atoms with Crippen molar-refractivity contribution < 1.29 is 0 Å². The van der Waals surface area contributed by atoms with E-state index in [0.29, 0.717) is 0 Å². The fourth-order valence-electron chi connectivity index (χ4n) is 3.77. The highest BCUT2D eigenvalue weighted by Gasteiger charge is 2.47. The van der Waals surface area contributed by atoms with Gasteiger partial charge in [0.2, 0.25) is 0 Å². The fraction of sp³-hybridized carbons (Fsp3) is 0.882. The van der Waals surface area contributed by atoms with E-state index in [4.69, 9.17) is 0 Å². The number of hydrogen-bond donors (Lipinski definition) is 0. The molecule has 0 unspecified atom stereocenters. The molecule has 0 N–H and O–H groups in total. The lowest BCUT2D eigenvalue weighted by molar-refractivity contribution is 0.266. The van der Waals surface area contributed by atoms with Gasteiger partial charge < -0.3 is 13.7 Å². The normalized spacial score (nSPS) is 14.2. The lowest BCUT2D eigenvalue weighted by atomic mass is 10.6. The smallest absolute Gasteiger partial charge is 0.286 e. The summed E-state index contributed by atoms with van der Waals surface area (Å²) in [6, 6.07) is 0. The van der Waals surface area contributed by atoms with Crippen molar-refractivity contribution in [1.29, 1.82) is 0 Å². The summed E-state index contributed by atoms with van der Waals surface area (Å²) in [5.74, 6) is 0. The second-order valence-corrected chi connectivity index (χ2v) is 13.0. The molecule has 0 amide bonds. The van der Waals surface area contributed by atoms with Gasteiger partial charge in [-0.3, -0.25) is 0 Å². The van der Waals surface area contributed by atoms with Crippen molar-refractivity contribution in [3.05, 3.63) is 11.3 Å². The molecule has 0 fully saturated rings. The first-order valence-corrected chi connectivity index (χ1v) is 13.1. The Bertz CT molecular complexity index is 278. The van der Waals surface area contributed by atoms with Crippen molar-refractivity contribution in [2.24, 2.45) is 0 Å². The molecule has 3 nitrogen and oxygen atoms in total. The van der Waals surface area contributed by atoms with Crippen LogP contribution in [0.4, 0.5) is 0 Å². The number of hydrogen-bond acceptors (Lipinski definition) is 3. The first-order chi connectivity index (χ1) is 10.5. The van der Waals surface area contributed by atoms with Gasteiger partial charge in [0, 0.05) is 0 Å². The van der Waals surface area contributed by atoms with Gasteiger partial charge >= 0.3 is 0 Å². The molecule has 0 saturated heterocycles. The molecule has 0 aromatic carbocycles. The summed E-state index contributed by atoms with van der Waals surface area (Å²) in [4.78, 5) is 0. The highest BCUT2D eigenvalue weighted by Crippen LogP contribution is 2.25. The van der Waals surface area contributed by atoms with Crippen LogP contribution in [0.25, 0.3) is 0 Å². The number of nitrogens with zero attached hydrogens (tertiary/aromatic N) is 3. The summed E-state index contributed by atoms with van der Waals surface area (Å²) >= 11 is 0. The molecular weight excluding hydrogens is 302 g/mol. The molecule has 132 valence electrons. The van der Waals surface area contributed by atoms with Crippen LogP contribution in [0.15, 0.2) is 11.3 Å². The molecule has 0 aromatic heterocycles. The van der Waals surface area contributed by atoms with Crippen molar-refractivity contribution in [2.45, 2.75) is 61.1 Å². The lowest BCUT2D eigenvalue weighted by Crippen LogP contribution is -2.75. The van der Waals surface area contributed by atoms with Gasteiger partial charge in [0.15, 0.2) is 0 Å². The van der Waals surface area contributed by atoms with Gasteiger partial charge in [0.1, 0.15) is 0 Å². The molecule has 5 heteroatoms. The standard InChI is InChI=1S/C17H41N3Si2/c1-9-17(8)21-16-22(18(10-2)11-3,19(12-4)13-5)20(14-6)15-7/h9H,10-16,21H2,1-8H3. The summed E-state index contributed by atoms with van der Waals surface area (Å²) in [6.45, 7) is 25.7. The van der Waals surface area contributed by atoms with Crippen LogP contribution in [0, 0.1) is 0 Å². The first kappa shape index (κ1) is 22.1. The van der Waals surface area contributed by atoms with Crippen LogP contribution in [0.1, 0.15) is 55.4 Å². The zero-order valence-corrected chi connectivity index (χ0v) is 19.0. The van der Waals surface area contributed by atoms with Crippen LogP contribution >= 0.6 is 0 Å². The Balaban J connectivity index is 5.87. The van der Waals surface area contributed by atoms with Gasteiger partial charge in [-0.15, -0.1) is 0 Å². The summed E-state index contributed by atoms with van der Waals surface area (Å²) in [5, 5.41) is 1.67. The molecule has 0 spiro atoms. The highest BCUT2D eigenvalue weighted by atomic mass is 28.4. The van der Waals surface area contributed by atoms with Crippen LogP contribution in [0.2, 0.25) is 5.67 Å². The zero-order chi connectivity index (χ0) is 17.2. The Morgan fingerprint density at radius 2 is 1.09 bits per heavy atom. The molecular formula is C17H41N3Si2. The average Bonchev–Trinajstić information content (AvgIpc) is 2.55. The second-order valence-electron chi connectivity index (χ2n) is 5.93. The predicted octanol–water partition coefficient (Wildman–Crippen LogP) is 3.00. The zero-order valence-electron chi connectivity index (χ0n) is 16.6. The van der Waals surface area contributed by atoms with E-state index in [1.165, 1.54) is 44.9 Å². The van der Waals surface area contributed by atoms with Gasteiger partial charge in [0.25, 0.3) is 8.56 Å². The third-order valence-electron chi connectivity index (χ3n) is 5.16. The highest BCUT2D eigenvalue weighted by molar-refractivity contribution is 6.81. The molecule has 0 aliphatic rings. The van der Waals surface area contributed by atoms with Crippen LogP contribution in [0.3, 0.4) is 0 Å². The van der Waals surface area contributed by atoms with Crippen molar-refractivity contribution in [1.82, 2.24) is 13.7 Å². The summed E-state index contributed by atoms with van der Waals surface area (Å²) < 4.78 is 8.51. The van der Waals surface area contributed by atoms with E-state index in [2.05, 4.69) is 75.2 Å². The third kappa shape index (κ3) is 5.03. The van der Waals surface area contributed by atoms with E-state index < -0.39 is 8.56 Å². The van der Waals surface area contributed by atoms with Crippen molar-refractivity contribution >= 4 is 18.1 Å². The Labute approximate surface area is 143 Å². The van der Waals surface area contributed by atoms with Crippen LogP contribution in [-0.4, -0.2) is 71.0 Å². The monoisotopic (exact) mass is 343 g/mol. The van der Waals surface area contributed by atoms with Gasteiger partial charge in [-0.05, 0) is 58.8 Å². The minimum atomic E-state index is -1.74. The predicted molar refractivity (Wildman–Crippen MR) is 107 cm³/mol. The van der Waals surface area contributed by atoms with E-state index in [0.717, 1.165) is 0 Å². The average molecular weight is 344 g/mol. The van der Waals surface area contributed by atoms with Crippen LogP contribution in [-0.2, 0) is 0 Å². The molecule has 0 atom stereocenters. The second kappa shape index (κ2) is 11.6. The molecule has 0 heterocycles. The third-order valence-corrected chi connectivity index (χ3v) is 15.0. The minimum Gasteiger partial charge on any atom is -0.300 e. The molecule has 0 aliphatic carbocycles. The Hall–Kier alpha value is 0.0538. The van der Waals surface area contributed by atoms with Gasteiger partial charge in [-0.2, -0.15) is 0 Å². The lowest BCUT2D eigenvalue weighted by Gasteiger charge is -2.53. The summed E-state index contributed by atoms with van der Waals surface area (Å²) in [5.41, 5.74) is 1.45. The maximum atomic E-state index is 2.84. The SMILES string of the molecule is CC=C(C)[SiH2]C[Si](N(CC)CC)(N(CC)CC)N(CC)CC. The molecule has 0 aliphatic heterocycles. The number of allylic oxidation sites excluding steroid dienone is 2. The van der Waals surface area contributed by atoms with Gasteiger partial charge in [-0.1, -0.05) is 52.8 Å². The van der Waals surface area contributed by atoms with E-state index in [1.807, 2.05) is 0 Å². The Morgan fingerprint density at radius 3 is 1.32 bits per heavy atom. The van der Waals surface area contributed by atoms with Crippen LogP contribution in [0.5, 0.6) is 0 Å². The molecule has 0 radical (unpaired) electrons. The van der Waals surface area contributed by atoms with Crippen molar-refractivity contribution in [3.63, 3.8) is 0 Å². The van der Waals surface area contributed by atoms with E-state index in [1.54, 1.807) is 5.20 Å². The number of rotatable bonds is 12. The first-order valence-electron chi connectivity index (χ1n) is 9.38. The Kier molecular flexibility index (Phi) is 11.6. The van der Waals surface area contributed by atoms with E-state index in [9.17, 15) is 0 Å².